The van der Waals surface area contributed by atoms with Crippen molar-refractivity contribution in [1.29, 1.82) is 0 Å². The van der Waals surface area contributed by atoms with Crippen LogP contribution in [0.15, 0.2) is 77.3 Å². The first-order valence-corrected chi connectivity index (χ1v) is 12.8. The average molecular weight is 563 g/mol. The van der Waals surface area contributed by atoms with Crippen molar-refractivity contribution in [3.8, 4) is 5.75 Å². The summed E-state index contributed by atoms with van der Waals surface area (Å²) >= 11 is 3.41. The Hall–Kier alpha value is -3.69. The number of rotatable bonds is 6. The highest BCUT2D eigenvalue weighted by Gasteiger charge is 2.60. The number of hydrogen-bond donors (Lipinski definition) is 1. The Morgan fingerprint density at radius 2 is 1.70 bits per heavy atom. The Morgan fingerprint density at radius 1 is 1.00 bits per heavy atom. The molecule has 2 heterocycles. The number of nitrogens with one attached hydrogen (secondary N) is 1. The van der Waals surface area contributed by atoms with Crippen molar-refractivity contribution < 1.29 is 19.1 Å². The average Bonchev–Trinajstić information content (AvgIpc) is 3.41. The molecule has 0 unspecified atom stereocenters. The van der Waals surface area contributed by atoms with E-state index in [1.165, 1.54) is 9.91 Å². The fourth-order valence-electron chi connectivity index (χ4n) is 4.90. The van der Waals surface area contributed by atoms with Crippen molar-refractivity contribution in [3.63, 3.8) is 0 Å². The second-order valence-corrected chi connectivity index (χ2v) is 10.1. The maximum atomic E-state index is 13.8. The molecular weight excluding hydrogens is 536 g/mol. The summed E-state index contributed by atoms with van der Waals surface area (Å²) in [7, 11) is 3.90. The van der Waals surface area contributed by atoms with Gasteiger partial charge in [0.2, 0.25) is 5.91 Å². The van der Waals surface area contributed by atoms with Crippen LogP contribution in [-0.2, 0) is 9.59 Å². The maximum Gasteiger partial charge on any atom is 0.268 e. The molecule has 37 heavy (non-hydrogen) atoms. The number of amides is 3. The first-order valence-electron chi connectivity index (χ1n) is 12.0. The van der Waals surface area contributed by atoms with Gasteiger partial charge in [-0.3, -0.25) is 19.4 Å². The highest BCUT2D eigenvalue weighted by Crippen LogP contribution is 2.42. The molecule has 2 aliphatic heterocycles. The van der Waals surface area contributed by atoms with Crippen molar-refractivity contribution in [2.24, 2.45) is 5.92 Å². The number of ether oxygens (including phenoxy) is 1. The standard InChI is InChI=1S/C28H27BrN4O4/c1-4-37-22-14-12-21(13-15-22)32-27(35)23-24(17-8-10-20(11-9-17)31(2)3)30-33(25(23)28(32)36)26(34)18-6-5-7-19(29)16-18/h5-16,23-25,30H,4H2,1-3H3/t23-,24-,25-/m1/s1. The van der Waals surface area contributed by atoms with Crippen LogP contribution >= 0.6 is 15.9 Å². The van der Waals surface area contributed by atoms with E-state index in [2.05, 4.69) is 21.4 Å². The van der Waals surface area contributed by atoms with Gasteiger partial charge in [-0.25, -0.2) is 10.3 Å². The minimum absolute atomic E-state index is 0.349. The number of carbonyl (C=O) groups is 3. The molecular formula is C28H27BrN4O4. The molecule has 0 bridgehead atoms. The molecule has 2 saturated heterocycles. The first-order chi connectivity index (χ1) is 17.8. The number of hydrogen-bond acceptors (Lipinski definition) is 6. The summed E-state index contributed by atoms with van der Waals surface area (Å²) in [5, 5.41) is 1.33. The fraction of sp³-hybridized carbons (Fsp3) is 0.250. The monoisotopic (exact) mass is 562 g/mol. The van der Waals surface area contributed by atoms with Crippen molar-refractivity contribution in [1.82, 2.24) is 10.4 Å². The van der Waals surface area contributed by atoms with Crippen molar-refractivity contribution in [3.05, 3.63) is 88.4 Å². The van der Waals surface area contributed by atoms with Gasteiger partial charge in [-0.15, -0.1) is 0 Å². The zero-order chi connectivity index (χ0) is 26.3. The Balaban J connectivity index is 1.54. The number of halogens is 1. The third-order valence-electron chi connectivity index (χ3n) is 6.70. The smallest absolute Gasteiger partial charge is 0.268 e. The number of fused-ring (bicyclic) bond motifs is 1. The van der Waals surface area contributed by atoms with Gasteiger partial charge >= 0.3 is 0 Å². The number of imide groups is 1. The summed E-state index contributed by atoms with van der Waals surface area (Å²) in [4.78, 5) is 44.4. The van der Waals surface area contributed by atoms with Crippen molar-refractivity contribution >= 4 is 45.0 Å². The van der Waals surface area contributed by atoms with Gasteiger partial charge in [0.05, 0.1) is 24.3 Å². The predicted octanol–water partition coefficient (Wildman–Crippen LogP) is 4.17. The Labute approximate surface area is 223 Å². The molecule has 190 valence electrons. The molecule has 3 aromatic carbocycles. The second-order valence-electron chi connectivity index (χ2n) is 9.19. The van der Waals surface area contributed by atoms with Crippen molar-refractivity contribution in [2.45, 2.75) is 19.0 Å². The molecule has 0 radical (unpaired) electrons. The van der Waals surface area contributed by atoms with Gasteiger partial charge < -0.3 is 9.64 Å². The molecule has 8 nitrogen and oxygen atoms in total. The van der Waals surface area contributed by atoms with E-state index in [-0.39, 0.29) is 11.8 Å². The number of anilines is 2. The van der Waals surface area contributed by atoms with E-state index in [9.17, 15) is 14.4 Å². The third kappa shape index (κ3) is 4.49. The maximum absolute atomic E-state index is 13.8. The fourth-order valence-corrected chi connectivity index (χ4v) is 5.30. The van der Waals surface area contributed by atoms with Crippen LogP contribution in [0, 0.1) is 5.92 Å². The van der Waals surface area contributed by atoms with Crippen LogP contribution < -0.4 is 20.0 Å². The Bertz CT molecular complexity index is 1340. The van der Waals surface area contributed by atoms with Crippen molar-refractivity contribution in [2.75, 3.05) is 30.5 Å². The number of hydrazine groups is 1. The molecule has 2 aliphatic rings. The lowest BCUT2D eigenvalue weighted by Crippen LogP contribution is -2.48. The van der Waals surface area contributed by atoms with Crippen LogP contribution in [0.25, 0.3) is 0 Å². The van der Waals surface area contributed by atoms with E-state index in [1.54, 1.807) is 42.5 Å². The lowest BCUT2D eigenvalue weighted by Gasteiger charge is -2.25. The zero-order valence-corrected chi connectivity index (χ0v) is 22.3. The zero-order valence-electron chi connectivity index (χ0n) is 20.7. The molecule has 2 fully saturated rings. The van der Waals surface area contributed by atoms with Gasteiger partial charge in [-0.05, 0) is 67.1 Å². The summed E-state index contributed by atoms with van der Waals surface area (Å²) in [6, 6.07) is 20.0. The molecule has 3 atom stereocenters. The number of benzene rings is 3. The van der Waals surface area contributed by atoms with Crippen LogP contribution in [0.5, 0.6) is 5.75 Å². The summed E-state index contributed by atoms with van der Waals surface area (Å²) < 4.78 is 6.25. The van der Waals surface area contributed by atoms with Gasteiger partial charge in [0.1, 0.15) is 11.8 Å². The first kappa shape index (κ1) is 25.0. The molecule has 9 heteroatoms. The highest BCUT2D eigenvalue weighted by molar-refractivity contribution is 9.10. The van der Waals surface area contributed by atoms with Gasteiger partial charge in [0, 0.05) is 29.8 Å². The Kier molecular flexibility index (Phi) is 6.74. The van der Waals surface area contributed by atoms with Crippen LogP contribution in [-0.4, -0.2) is 49.5 Å². The summed E-state index contributed by atoms with van der Waals surface area (Å²) in [5.74, 6) is -1.29. The van der Waals surface area contributed by atoms with Gasteiger partial charge in [0.25, 0.3) is 11.8 Å². The second kappa shape index (κ2) is 9.99. The van der Waals surface area contributed by atoms with E-state index in [1.807, 2.05) is 56.3 Å². The van der Waals surface area contributed by atoms with Crippen LogP contribution in [0.3, 0.4) is 0 Å². The summed E-state index contributed by atoms with van der Waals surface area (Å²) in [6.07, 6.45) is 0. The summed E-state index contributed by atoms with van der Waals surface area (Å²) in [6.45, 7) is 2.40. The van der Waals surface area contributed by atoms with E-state index in [0.717, 1.165) is 15.7 Å². The molecule has 1 N–H and O–H groups in total. The van der Waals surface area contributed by atoms with Gasteiger partial charge in [-0.1, -0.05) is 34.1 Å². The van der Waals surface area contributed by atoms with E-state index in [4.69, 9.17) is 4.74 Å². The van der Waals surface area contributed by atoms with Gasteiger partial charge in [-0.2, -0.15) is 0 Å². The minimum atomic E-state index is -0.982. The molecule has 0 saturated carbocycles. The molecule has 3 amide bonds. The number of carbonyl (C=O) groups excluding carboxylic acids is 3. The Morgan fingerprint density at radius 3 is 2.32 bits per heavy atom. The summed E-state index contributed by atoms with van der Waals surface area (Å²) in [5.41, 5.74) is 5.88. The molecule has 5 rings (SSSR count). The van der Waals surface area contributed by atoms with E-state index >= 15 is 0 Å². The van der Waals surface area contributed by atoms with Crippen LogP contribution in [0.2, 0.25) is 0 Å². The lowest BCUT2D eigenvalue weighted by molar-refractivity contribution is -0.123. The van der Waals surface area contributed by atoms with Crippen LogP contribution in [0.4, 0.5) is 11.4 Å². The number of nitrogens with zero attached hydrogens (tertiary/aromatic N) is 3. The quantitative estimate of drug-likeness (QED) is 0.454. The van der Waals surface area contributed by atoms with Gasteiger partial charge in [0.15, 0.2) is 0 Å². The topological polar surface area (TPSA) is 82.2 Å². The molecule has 0 aromatic heterocycles. The predicted molar refractivity (Wildman–Crippen MR) is 144 cm³/mol. The van der Waals surface area contributed by atoms with Crippen LogP contribution in [0.1, 0.15) is 28.9 Å². The minimum Gasteiger partial charge on any atom is -0.494 e. The van der Waals surface area contributed by atoms with E-state index < -0.39 is 23.9 Å². The molecule has 0 spiro atoms. The lowest BCUT2D eigenvalue weighted by atomic mass is 9.90. The molecule has 0 aliphatic carbocycles. The SMILES string of the molecule is CCOc1ccc(N2C(=O)[C@@H]3[C@@H](c4ccc(N(C)C)cc4)NN(C(=O)c4cccc(Br)c4)[C@H]3C2=O)cc1. The largest absolute Gasteiger partial charge is 0.494 e. The normalized spacial score (nSPS) is 20.8. The molecule has 3 aromatic rings. The highest BCUT2D eigenvalue weighted by atomic mass is 79.9. The third-order valence-corrected chi connectivity index (χ3v) is 7.19. The van der Waals surface area contributed by atoms with E-state index in [0.29, 0.717) is 23.6 Å².